The smallest absolute Gasteiger partial charge is 0.150 e. The molecule has 2 heteroatoms. The molecule has 0 aliphatic heterocycles. The lowest BCUT2D eigenvalue weighted by atomic mass is 9.75. The molecule has 2 atom stereocenters. The van der Waals surface area contributed by atoms with Gasteiger partial charge in [-0.1, -0.05) is 43.1 Å². The first-order chi connectivity index (χ1) is 5.49. The van der Waals surface area contributed by atoms with E-state index < -0.39 is 0 Å². The van der Waals surface area contributed by atoms with E-state index in [1.165, 1.54) is 0 Å². The van der Waals surface area contributed by atoms with Gasteiger partial charge in [0.1, 0.15) is 5.78 Å². The number of hydrogen-bond donors (Lipinski definition) is 0. The molecule has 0 saturated heterocycles. The number of hydrogen-bond acceptors (Lipinski definition) is 1. The van der Waals surface area contributed by atoms with E-state index in [4.69, 9.17) is 0 Å². The first-order valence-corrected chi connectivity index (χ1v) is 5.58. The zero-order valence-corrected chi connectivity index (χ0v) is 9.65. The van der Waals surface area contributed by atoms with E-state index in [1.807, 2.05) is 0 Å². The predicted molar refractivity (Wildman–Crippen MR) is 54.5 cm³/mol. The average molecular weight is 233 g/mol. The number of ketones is 1. The minimum atomic E-state index is 0.133. The van der Waals surface area contributed by atoms with Crippen molar-refractivity contribution in [3.8, 4) is 0 Å². The maximum atomic E-state index is 11.7. The highest BCUT2D eigenvalue weighted by Gasteiger charge is 2.40. The molecule has 0 aromatic rings. The number of rotatable bonds is 2. The minimum absolute atomic E-state index is 0.133. The number of carbonyl (C=O) groups excluding carboxylic acids is 1. The molecule has 1 saturated carbocycles. The van der Waals surface area contributed by atoms with Crippen molar-refractivity contribution >= 4 is 21.7 Å². The molecule has 1 fully saturated rings. The van der Waals surface area contributed by atoms with Crippen molar-refractivity contribution in [1.82, 2.24) is 0 Å². The lowest BCUT2D eigenvalue weighted by molar-refractivity contribution is -0.123. The van der Waals surface area contributed by atoms with Gasteiger partial charge in [0.15, 0.2) is 0 Å². The van der Waals surface area contributed by atoms with Crippen LogP contribution in [0.2, 0.25) is 0 Å². The fraction of sp³-hybridized carbons (Fsp3) is 0.900. The Morgan fingerprint density at radius 2 is 2.08 bits per heavy atom. The monoisotopic (exact) mass is 232 g/mol. The maximum absolute atomic E-state index is 11.7. The Bertz CT molecular complexity index is 186. The Kier molecular flexibility index (Phi) is 2.97. The summed E-state index contributed by atoms with van der Waals surface area (Å²) >= 11 is 3.42. The standard InChI is InChI=1S/C10H17BrO/c1-4-10(2,3)7-5-6-8(11)9(7)12/h7-8H,4-6H2,1-3H3. The molecule has 1 aliphatic carbocycles. The molecule has 0 aromatic carbocycles. The van der Waals surface area contributed by atoms with Gasteiger partial charge in [0.25, 0.3) is 0 Å². The fourth-order valence-corrected chi connectivity index (χ4v) is 2.42. The fourth-order valence-electron chi connectivity index (χ4n) is 1.84. The lowest BCUT2D eigenvalue weighted by Gasteiger charge is -2.28. The van der Waals surface area contributed by atoms with Crippen molar-refractivity contribution in [2.75, 3.05) is 0 Å². The van der Waals surface area contributed by atoms with Gasteiger partial charge in [-0.3, -0.25) is 4.79 Å². The van der Waals surface area contributed by atoms with Gasteiger partial charge in [-0.15, -0.1) is 0 Å². The van der Waals surface area contributed by atoms with Crippen LogP contribution in [-0.4, -0.2) is 10.6 Å². The van der Waals surface area contributed by atoms with Crippen molar-refractivity contribution in [2.45, 2.75) is 44.9 Å². The van der Waals surface area contributed by atoms with E-state index in [0.717, 1.165) is 19.3 Å². The van der Waals surface area contributed by atoms with Crippen LogP contribution in [0.5, 0.6) is 0 Å². The van der Waals surface area contributed by atoms with Gasteiger partial charge in [-0.2, -0.15) is 0 Å². The summed E-state index contributed by atoms with van der Waals surface area (Å²) < 4.78 is 0. The average Bonchev–Trinajstić information content (AvgIpc) is 2.33. The Hall–Kier alpha value is 0.150. The van der Waals surface area contributed by atoms with Crippen LogP contribution in [0.25, 0.3) is 0 Å². The molecule has 2 unspecified atom stereocenters. The van der Waals surface area contributed by atoms with Crippen LogP contribution in [0.4, 0.5) is 0 Å². The van der Waals surface area contributed by atoms with Crippen LogP contribution < -0.4 is 0 Å². The normalized spacial score (nSPS) is 31.2. The molecule has 0 aromatic heterocycles. The van der Waals surface area contributed by atoms with Crippen LogP contribution in [0, 0.1) is 11.3 Å². The van der Waals surface area contributed by atoms with Crippen LogP contribution in [0.15, 0.2) is 0 Å². The molecule has 0 radical (unpaired) electrons. The molecule has 1 aliphatic rings. The summed E-state index contributed by atoms with van der Waals surface area (Å²) in [5.41, 5.74) is 0.194. The molecule has 0 amide bonds. The van der Waals surface area contributed by atoms with Gasteiger partial charge in [0.05, 0.1) is 4.83 Å². The van der Waals surface area contributed by atoms with Crippen LogP contribution in [-0.2, 0) is 4.79 Å². The molecule has 0 heterocycles. The number of carbonyl (C=O) groups is 1. The van der Waals surface area contributed by atoms with Crippen molar-refractivity contribution in [2.24, 2.45) is 11.3 Å². The van der Waals surface area contributed by atoms with E-state index in [9.17, 15) is 4.79 Å². The van der Waals surface area contributed by atoms with Crippen LogP contribution in [0.3, 0.4) is 0 Å². The Labute approximate surface area is 83.0 Å². The quantitative estimate of drug-likeness (QED) is 0.669. The molecule has 0 N–H and O–H groups in total. The summed E-state index contributed by atoms with van der Waals surface area (Å²) in [5, 5.41) is 0. The highest BCUT2D eigenvalue weighted by molar-refractivity contribution is 9.10. The molecular formula is C10H17BrO. The first-order valence-electron chi connectivity index (χ1n) is 4.67. The van der Waals surface area contributed by atoms with E-state index >= 15 is 0 Å². The van der Waals surface area contributed by atoms with Crippen molar-refractivity contribution < 1.29 is 4.79 Å². The summed E-state index contributed by atoms with van der Waals surface area (Å²) in [6.07, 6.45) is 3.17. The SMILES string of the molecule is CCC(C)(C)C1CCC(Br)C1=O. The second-order valence-electron chi connectivity index (χ2n) is 4.34. The third-order valence-corrected chi connectivity index (χ3v) is 4.12. The third kappa shape index (κ3) is 1.73. The van der Waals surface area contributed by atoms with Crippen LogP contribution >= 0.6 is 15.9 Å². The Morgan fingerprint density at radius 3 is 2.42 bits per heavy atom. The van der Waals surface area contributed by atoms with Gasteiger partial charge < -0.3 is 0 Å². The predicted octanol–water partition coefficient (Wildman–Crippen LogP) is 3.17. The second kappa shape index (κ2) is 3.49. The van der Waals surface area contributed by atoms with Crippen LogP contribution in [0.1, 0.15) is 40.0 Å². The lowest BCUT2D eigenvalue weighted by Crippen LogP contribution is -2.28. The highest BCUT2D eigenvalue weighted by atomic mass is 79.9. The van der Waals surface area contributed by atoms with E-state index in [-0.39, 0.29) is 16.2 Å². The Morgan fingerprint density at radius 1 is 1.50 bits per heavy atom. The van der Waals surface area contributed by atoms with E-state index in [0.29, 0.717) is 5.78 Å². The van der Waals surface area contributed by atoms with Gasteiger partial charge in [0.2, 0.25) is 0 Å². The maximum Gasteiger partial charge on any atom is 0.150 e. The second-order valence-corrected chi connectivity index (χ2v) is 5.45. The van der Waals surface area contributed by atoms with Crippen molar-refractivity contribution in [3.05, 3.63) is 0 Å². The summed E-state index contributed by atoms with van der Waals surface area (Å²) in [4.78, 5) is 11.8. The van der Waals surface area contributed by atoms with Crippen molar-refractivity contribution in [1.29, 1.82) is 0 Å². The first kappa shape index (κ1) is 10.2. The number of Topliss-reactive ketones (excluding diaryl/α,β-unsaturated/α-hetero) is 1. The molecular weight excluding hydrogens is 216 g/mol. The Balaban J connectivity index is 2.71. The summed E-state index contributed by atoms with van der Waals surface area (Å²) in [5.74, 6) is 0.703. The summed E-state index contributed by atoms with van der Waals surface area (Å²) in [6, 6.07) is 0. The van der Waals surface area contributed by atoms with Gasteiger partial charge in [0, 0.05) is 5.92 Å². The zero-order chi connectivity index (χ0) is 9.35. The largest absolute Gasteiger partial charge is 0.298 e. The van der Waals surface area contributed by atoms with E-state index in [2.05, 4.69) is 36.7 Å². The van der Waals surface area contributed by atoms with Crippen molar-refractivity contribution in [3.63, 3.8) is 0 Å². The molecule has 0 spiro atoms. The topological polar surface area (TPSA) is 17.1 Å². The number of alkyl halides is 1. The zero-order valence-electron chi connectivity index (χ0n) is 8.06. The summed E-state index contributed by atoms with van der Waals surface area (Å²) in [6.45, 7) is 6.55. The molecule has 0 bridgehead atoms. The molecule has 1 nitrogen and oxygen atoms in total. The number of halogens is 1. The summed E-state index contributed by atoms with van der Waals surface area (Å²) in [7, 11) is 0. The molecule has 70 valence electrons. The minimum Gasteiger partial charge on any atom is -0.298 e. The van der Waals surface area contributed by atoms with Gasteiger partial charge in [-0.05, 0) is 18.3 Å². The van der Waals surface area contributed by atoms with Gasteiger partial charge >= 0.3 is 0 Å². The van der Waals surface area contributed by atoms with Gasteiger partial charge in [-0.25, -0.2) is 0 Å². The van der Waals surface area contributed by atoms with E-state index in [1.54, 1.807) is 0 Å². The molecule has 12 heavy (non-hydrogen) atoms. The highest BCUT2D eigenvalue weighted by Crippen LogP contribution is 2.41. The third-order valence-electron chi connectivity index (χ3n) is 3.22. The molecule has 1 rings (SSSR count).